The van der Waals surface area contributed by atoms with Crippen LogP contribution in [0.25, 0.3) is 11.1 Å². The van der Waals surface area contributed by atoms with Crippen LogP contribution in [-0.2, 0) is 6.61 Å². The largest absolute Gasteiger partial charge is 0.488 e. The molecule has 0 heterocycles. The van der Waals surface area contributed by atoms with Crippen molar-refractivity contribution in [3.8, 4) is 11.8 Å². The van der Waals surface area contributed by atoms with Crippen LogP contribution in [0.4, 0.5) is 0 Å². The molecular weight excluding hydrogens is 522 g/mol. The Morgan fingerprint density at radius 1 is 1.05 bits per heavy atom. The molecule has 1 saturated carbocycles. The van der Waals surface area contributed by atoms with Gasteiger partial charge in [-0.2, -0.15) is 5.26 Å². The summed E-state index contributed by atoms with van der Waals surface area (Å²) < 4.78 is 10.0. The summed E-state index contributed by atoms with van der Waals surface area (Å²) in [5.74, 6) is 1.23. The van der Waals surface area contributed by atoms with Crippen LogP contribution in [0.5, 0.6) is 5.75 Å². The third-order valence-electron chi connectivity index (χ3n) is 9.08. The van der Waals surface area contributed by atoms with Crippen LogP contribution in [0.3, 0.4) is 0 Å². The fourth-order valence-electron chi connectivity index (χ4n) is 7.15. The topological polar surface area (TPSA) is 71.1 Å². The maximum atomic E-state index is 9.15. The zero-order chi connectivity index (χ0) is 28.7. The summed E-state index contributed by atoms with van der Waals surface area (Å²) in [7, 11) is 0. The van der Waals surface area contributed by atoms with Crippen molar-refractivity contribution >= 4 is 23.3 Å². The number of nitrogens with zero attached hydrogens (tertiary/aromatic N) is 1. The van der Waals surface area contributed by atoms with Gasteiger partial charge in [-0.25, -0.2) is 4.72 Å². The molecule has 0 amide bonds. The van der Waals surface area contributed by atoms with E-state index in [0.29, 0.717) is 24.1 Å². The van der Waals surface area contributed by atoms with Crippen molar-refractivity contribution in [1.29, 1.82) is 5.26 Å². The van der Waals surface area contributed by atoms with Gasteiger partial charge in [-0.15, -0.1) is 0 Å². The van der Waals surface area contributed by atoms with Crippen LogP contribution in [0, 0.1) is 22.7 Å². The van der Waals surface area contributed by atoms with E-state index in [1.807, 2.05) is 30.3 Å². The molecule has 5 rings (SSSR count). The van der Waals surface area contributed by atoms with E-state index in [4.69, 9.17) is 21.7 Å². The van der Waals surface area contributed by atoms with Crippen molar-refractivity contribution in [2.75, 3.05) is 0 Å². The summed E-state index contributed by atoms with van der Waals surface area (Å²) in [4.78, 5) is 0. The predicted molar refractivity (Wildman–Crippen MR) is 172 cm³/mol. The van der Waals surface area contributed by atoms with Gasteiger partial charge >= 0.3 is 0 Å². The van der Waals surface area contributed by atoms with Crippen molar-refractivity contribution in [2.24, 2.45) is 16.5 Å². The molecule has 0 spiro atoms. The van der Waals surface area contributed by atoms with Gasteiger partial charge < -0.3 is 4.74 Å². The van der Waals surface area contributed by atoms with Crippen molar-refractivity contribution in [3.63, 3.8) is 0 Å². The fourth-order valence-corrected chi connectivity index (χ4v) is 7.61. The SMILES string of the molecule is C=C(c1ccccc1OCc1ccc(C#N)cc1)C12CCC(NSN)C1CC(CCCCCC)=C2c1ccccc1. The minimum absolute atomic E-state index is 0.192. The maximum absolute atomic E-state index is 9.15. The van der Waals surface area contributed by atoms with E-state index >= 15 is 0 Å². The number of rotatable bonds is 13. The molecule has 5 heteroatoms. The van der Waals surface area contributed by atoms with E-state index in [2.05, 4.69) is 66.2 Å². The molecule has 0 aromatic heterocycles. The van der Waals surface area contributed by atoms with Crippen molar-refractivity contribution in [2.45, 2.75) is 70.9 Å². The summed E-state index contributed by atoms with van der Waals surface area (Å²) in [6.45, 7) is 7.59. The van der Waals surface area contributed by atoms with Crippen LogP contribution in [-0.4, -0.2) is 6.04 Å². The molecule has 3 aromatic rings. The molecule has 0 saturated heterocycles. The minimum Gasteiger partial charge on any atom is -0.488 e. The molecule has 2 aliphatic rings. The van der Waals surface area contributed by atoms with Gasteiger partial charge in [0, 0.05) is 29.2 Å². The van der Waals surface area contributed by atoms with Gasteiger partial charge in [0.05, 0.1) is 11.6 Å². The first-order valence-electron chi connectivity index (χ1n) is 14.9. The number of allylic oxidation sites excluding steroid dienone is 3. The van der Waals surface area contributed by atoms with Crippen LogP contribution >= 0.6 is 12.1 Å². The zero-order valence-corrected chi connectivity index (χ0v) is 24.9. The molecule has 0 bridgehead atoms. The molecule has 0 aliphatic heterocycles. The average Bonchev–Trinajstić information content (AvgIpc) is 3.53. The summed E-state index contributed by atoms with van der Waals surface area (Å²) >= 11 is 1.25. The number of para-hydroxylation sites is 1. The van der Waals surface area contributed by atoms with E-state index in [-0.39, 0.29) is 5.41 Å². The third-order valence-corrected chi connectivity index (χ3v) is 9.52. The number of fused-ring (bicyclic) bond motifs is 1. The van der Waals surface area contributed by atoms with E-state index in [1.165, 1.54) is 49.0 Å². The Bertz CT molecular complexity index is 1410. The highest BCUT2D eigenvalue weighted by Gasteiger charge is 2.57. The summed E-state index contributed by atoms with van der Waals surface area (Å²) in [6, 6.07) is 29.4. The van der Waals surface area contributed by atoms with Crippen LogP contribution < -0.4 is 14.6 Å². The van der Waals surface area contributed by atoms with Crippen LogP contribution in [0.2, 0.25) is 0 Å². The molecule has 41 heavy (non-hydrogen) atoms. The lowest BCUT2D eigenvalue weighted by Gasteiger charge is -2.38. The smallest absolute Gasteiger partial charge is 0.127 e. The lowest BCUT2D eigenvalue weighted by molar-refractivity contribution is 0.303. The van der Waals surface area contributed by atoms with Gasteiger partial charge in [-0.3, -0.25) is 5.14 Å². The number of unbranched alkanes of at least 4 members (excludes halogenated alkanes) is 3. The number of hydrogen-bond acceptors (Lipinski definition) is 5. The molecule has 3 aromatic carbocycles. The number of nitriles is 1. The van der Waals surface area contributed by atoms with Gasteiger partial charge in [0.25, 0.3) is 0 Å². The normalized spacial score (nSPS) is 21.5. The average molecular weight is 564 g/mol. The first kappa shape index (κ1) is 29.2. The number of ether oxygens (including phenoxy) is 1. The Morgan fingerprint density at radius 2 is 1.80 bits per heavy atom. The monoisotopic (exact) mass is 563 g/mol. The zero-order valence-electron chi connectivity index (χ0n) is 24.1. The van der Waals surface area contributed by atoms with Crippen LogP contribution in [0.1, 0.15) is 80.5 Å². The molecule has 0 radical (unpaired) electrons. The molecule has 3 unspecified atom stereocenters. The lowest BCUT2D eigenvalue weighted by Crippen LogP contribution is -2.35. The Labute approximate surface area is 250 Å². The first-order valence-corrected chi connectivity index (χ1v) is 15.8. The maximum Gasteiger partial charge on any atom is 0.127 e. The minimum atomic E-state index is -0.192. The highest BCUT2D eigenvalue weighted by Crippen LogP contribution is 2.66. The van der Waals surface area contributed by atoms with Crippen LogP contribution in [0.15, 0.2) is 91.0 Å². The van der Waals surface area contributed by atoms with Gasteiger partial charge in [-0.05, 0) is 78.5 Å². The lowest BCUT2D eigenvalue weighted by atomic mass is 9.66. The summed E-state index contributed by atoms with van der Waals surface area (Å²) in [5.41, 5.74) is 8.10. The molecular formula is C36H41N3OS. The number of hydrogen-bond donors (Lipinski definition) is 2. The second kappa shape index (κ2) is 13.6. The van der Waals surface area contributed by atoms with E-state index in [1.54, 1.807) is 5.57 Å². The molecule has 1 fully saturated rings. The standard InChI is InChI=1S/C36H41N3OS/c1-3-4-5-7-14-30-23-32-33(39-41-38)21-22-36(32,35(30)29-12-8-6-9-13-29)26(2)31-15-10-11-16-34(31)40-25-28-19-17-27(24-37)18-20-28/h6,8-13,15-20,32-33,39H,2-5,7,14,21-23,25,38H2,1H3. The Morgan fingerprint density at radius 3 is 2.54 bits per heavy atom. The van der Waals surface area contributed by atoms with E-state index in [0.717, 1.165) is 48.1 Å². The highest BCUT2D eigenvalue weighted by atomic mass is 32.2. The van der Waals surface area contributed by atoms with Gasteiger partial charge in [0.1, 0.15) is 12.4 Å². The molecule has 3 atom stereocenters. The quantitative estimate of drug-likeness (QED) is 0.161. The first-order chi connectivity index (χ1) is 20.1. The molecule has 212 valence electrons. The van der Waals surface area contributed by atoms with Crippen molar-refractivity contribution in [1.82, 2.24) is 4.72 Å². The molecule has 2 aliphatic carbocycles. The second-order valence-electron chi connectivity index (χ2n) is 11.4. The molecule has 4 nitrogen and oxygen atoms in total. The fraction of sp³-hybridized carbons (Fsp3) is 0.361. The third kappa shape index (κ3) is 6.02. The highest BCUT2D eigenvalue weighted by molar-refractivity contribution is 7.95. The second-order valence-corrected chi connectivity index (χ2v) is 11.9. The Hall–Kier alpha value is -3.30. The number of benzene rings is 3. The number of nitrogens with one attached hydrogen (secondary N) is 1. The van der Waals surface area contributed by atoms with Crippen molar-refractivity contribution < 1.29 is 4.74 Å². The Balaban J connectivity index is 1.54. The van der Waals surface area contributed by atoms with E-state index in [9.17, 15) is 0 Å². The predicted octanol–water partition coefficient (Wildman–Crippen LogP) is 8.85. The van der Waals surface area contributed by atoms with Crippen molar-refractivity contribution in [3.05, 3.63) is 113 Å². The Kier molecular flexibility index (Phi) is 9.67. The summed E-state index contributed by atoms with van der Waals surface area (Å²) in [5, 5.41) is 15.1. The van der Waals surface area contributed by atoms with Gasteiger partial charge in [0.2, 0.25) is 0 Å². The number of nitrogens with two attached hydrogens (primary N) is 1. The van der Waals surface area contributed by atoms with Gasteiger partial charge in [0.15, 0.2) is 0 Å². The van der Waals surface area contributed by atoms with E-state index < -0.39 is 0 Å². The molecule has 3 N–H and O–H groups in total. The van der Waals surface area contributed by atoms with Gasteiger partial charge in [-0.1, -0.05) is 99.0 Å². The summed E-state index contributed by atoms with van der Waals surface area (Å²) in [6.07, 6.45) is 9.32.